The van der Waals surface area contributed by atoms with Crippen molar-refractivity contribution in [3.8, 4) is 0 Å². The van der Waals surface area contributed by atoms with E-state index in [1.54, 1.807) is 0 Å². The molecule has 4 nitrogen and oxygen atoms in total. The number of nitrogens with zero attached hydrogens (tertiary/aromatic N) is 2. The third-order valence-electron chi connectivity index (χ3n) is 3.23. The minimum atomic E-state index is 0.157. The molecule has 1 N–H and O–H groups in total. The van der Waals surface area contributed by atoms with Gasteiger partial charge in [0.25, 0.3) is 0 Å². The van der Waals surface area contributed by atoms with Crippen LogP contribution in [0.15, 0.2) is 6.20 Å². The lowest BCUT2D eigenvalue weighted by atomic mass is 10.3. The summed E-state index contributed by atoms with van der Waals surface area (Å²) >= 11 is 0. The Morgan fingerprint density at radius 2 is 2.31 bits per heavy atom. The molecule has 4 heteroatoms. The molecule has 1 aromatic heterocycles. The first kappa shape index (κ1) is 9.75. The van der Waals surface area contributed by atoms with Crippen molar-refractivity contribution in [2.45, 2.75) is 38.6 Å². The summed E-state index contributed by atoms with van der Waals surface area (Å²) in [6, 6.07) is 0. The average molecular weight is 217 g/mol. The zero-order valence-corrected chi connectivity index (χ0v) is 9.20. The molecular formula is C12H15N3O. The molecule has 0 radical (unpaired) electrons. The van der Waals surface area contributed by atoms with Gasteiger partial charge in [-0.25, -0.2) is 9.97 Å². The fourth-order valence-electron chi connectivity index (χ4n) is 2.10. The number of hydrogen-bond donors (Lipinski definition) is 1. The van der Waals surface area contributed by atoms with Crippen LogP contribution in [-0.2, 0) is 24.2 Å². The Balaban J connectivity index is 1.63. The van der Waals surface area contributed by atoms with Crippen LogP contribution >= 0.6 is 0 Å². The van der Waals surface area contributed by atoms with Crippen LogP contribution in [0.3, 0.4) is 0 Å². The Morgan fingerprint density at radius 1 is 1.44 bits per heavy atom. The molecule has 0 unspecified atom stereocenters. The van der Waals surface area contributed by atoms with E-state index in [0.717, 1.165) is 31.5 Å². The van der Waals surface area contributed by atoms with Crippen LogP contribution < -0.4 is 5.32 Å². The molecular weight excluding hydrogens is 202 g/mol. The molecule has 0 bridgehead atoms. The van der Waals surface area contributed by atoms with Gasteiger partial charge in [0.05, 0.1) is 6.54 Å². The number of amides is 1. The molecule has 1 amide bonds. The number of nitrogens with one attached hydrogen (secondary N) is 1. The standard InChI is InChI=1S/C12H15N3O/c16-12(8-4-5-8)14-7-11-13-6-9-2-1-3-10(9)15-11/h6,8H,1-5,7H2,(H,14,16). The molecule has 2 aliphatic carbocycles. The molecule has 16 heavy (non-hydrogen) atoms. The minimum Gasteiger partial charge on any atom is -0.349 e. The van der Waals surface area contributed by atoms with Crippen molar-refractivity contribution < 1.29 is 4.79 Å². The van der Waals surface area contributed by atoms with Gasteiger partial charge in [-0.1, -0.05) is 0 Å². The van der Waals surface area contributed by atoms with Crippen LogP contribution in [0.5, 0.6) is 0 Å². The molecule has 0 atom stereocenters. The first-order valence-electron chi connectivity index (χ1n) is 5.94. The largest absolute Gasteiger partial charge is 0.349 e. The molecule has 0 spiro atoms. The Bertz CT molecular complexity index is 426. The molecule has 1 aromatic rings. The molecule has 2 aliphatic rings. The van der Waals surface area contributed by atoms with E-state index in [2.05, 4.69) is 15.3 Å². The fraction of sp³-hybridized carbons (Fsp3) is 0.583. The number of aromatic nitrogens is 2. The maximum absolute atomic E-state index is 11.4. The van der Waals surface area contributed by atoms with E-state index in [-0.39, 0.29) is 11.8 Å². The predicted molar refractivity (Wildman–Crippen MR) is 58.6 cm³/mol. The Hall–Kier alpha value is -1.45. The summed E-state index contributed by atoms with van der Waals surface area (Å²) in [6.07, 6.45) is 7.33. The quantitative estimate of drug-likeness (QED) is 0.821. The highest BCUT2D eigenvalue weighted by Crippen LogP contribution is 2.28. The highest BCUT2D eigenvalue weighted by molar-refractivity contribution is 5.80. The van der Waals surface area contributed by atoms with Gasteiger partial charge in [-0.05, 0) is 37.7 Å². The van der Waals surface area contributed by atoms with Crippen LogP contribution in [-0.4, -0.2) is 15.9 Å². The summed E-state index contributed by atoms with van der Waals surface area (Å²) < 4.78 is 0. The zero-order chi connectivity index (χ0) is 11.0. The van der Waals surface area contributed by atoms with E-state index in [0.29, 0.717) is 6.54 Å². The van der Waals surface area contributed by atoms with Gasteiger partial charge < -0.3 is 5.32 Å². The Labute approximate surface area is 94.5 Å². The summed E-state index contributed by atoms with van der Waals surface area (Å²) in [5.74, 6) is 1.16. The maximum Gasteiger partial charge on any atom is 0.223 e. The van der Waals surface area contributed by atoms with Gasteiger partial charge in [0, 0.05) is 17.8 Å². The second-order valence-corrected chi connectivity index (χ2v) is 4.60. The molecule has 0 aliphatic heterocycles. The Morgan fingerprint density at radius 3 is 3.12 bits per heavy atom. The summed E-state index contributed by atoms with van der Waals surface area (Å²) in [5, 5.41) is 2.89. The number of rotatable bonds is 3. The first-order valence-corrected chi connectivity index (χ1v) is 5.94. The monoisotopic (exact) mass is 217 g/mol. The van der Waals surface area contributed by atoms with Crippen molar-refractivity contribution in [3.05, 3.63) is 23.3 Å². The van der Waals surface area contributed by atoms with Gasteiger partial charge in [0.1, 0.15) is 5.82 Å². The average Bonchev–Trinajstić information content (AvgIpc) is 3.04. The smallest absolute Gasteiger partial charge is 0.223 e. The van der Waals surface area contributed by atoms with Crippen LogP contribution in [0.2, 0.25) is 0 Å². The third kappa shape index (κ3) is 1.92. The molecule has 1 saturated carbocycles. The lowest BCUT2D eigenvalue weighted by Crippen LogP contribution is -2.25. The summed E-state index contributed by atoms with van der Waals surface area (Å²) in [6.45, 7) is 0.475. The highest BCUT2D eigenvalue weighted by Gasteiger charge is 2.29. The first-order chi connectivity index (χ1) is 7.83. The topological polar surface area (TPSA) is 54.9 Å². The van der Waals surface area contributed by atoms with Crippen LogP contribution in [0.1, 0.15) is 36.3 Å². The van der Waals surface area contributed by atoms with E-state index >= 15 is 0 Å². The van der Waals surface area contributed by atoms with Crippen molar-refractivity contribution in [1.29, 1.82) is 0 Å². The fourth-order valence-corrected chi connectivity index (χ4v) is 2.10. The maximum atomic E-state index is 11.4. The SMILES string of the molecule is O=C(NCc1ncc2c(n1)CCC2)C1CC1. The van der Waals surface area contributed by atoms with Crippen LogP contribution in [0.25, 0.3) is 0 Å². The second-order valence-electron chi connectivity index (χ2n) is 4.60. The lowest BCUT2D eigenvalue weighted by molar-refractivity contribution is -0.122. The van der Waals surface area contributed by atoms with E-state index in [4.69, 9.17) is 0 Å². The van der Waals surface area contributed by atoms with Gasteiger partial charge in [-0.2, -0.15) is 0 Å². The second kappa shape index (κ2) is 3.85. The zero-order valence-electron chi connectivity index (χ0n) is 9.20. The van der Waals surface area contributed by atoms with E-state index in [9.17, 15) is 4.79 Å². The van der Waals surface area contributed by atoms with Crippen LogP contribution in [0.4, 0.5) is 0 Å². The van der Waals surface area contributed by atoms with Gasteiger partial charge in [-0.3, -0.25) is 4.79 Å². The molecule has 1 fully saturated rings. The number of carbonyl (C=O) groups excluding carboxylic acids is 1. The summed E-state index contributed by atoms with van der Waals surface area (Å²) in [4.78, 5) is 20.2. The van der Waals surface area contributed by atoms with E-state index < -0.39 is 0 Å². The predicted octanol–water partition coefficient (Wildman–Crippen LogP) is 0.991. The molecule has 0 saturated heterocycles. The van der Waals surface area contributed by atoms with Crippen molar-refractivity contribution in [1.82, 2.24) is 15.3 Å². The van der Waals surface area contributed by atoms with E-state index in [1.165, 1.54) is 17.7 Å². The van der Waals surface area contributed by atoms with Crippen molar-refractivity contribution in [2.75, 3.05) is 0 Å². The summed E-state index contributed by atoms with van der Waals surface area (Å²) in [5.41, 5.74) is 2.45. The van der Waals surface area contributed by atoms with Crippen LogP contribution in [0, 0.1) is 5.92 Å². The number of fused-ring (bicyclic) bond motifs is 1. The van der Waals surface area contributed by atoms with Gasteiger partial charge in [0.2, 0.25) is 5.91 Å². The van der Waals surface area contributed by atoms with Crippen molar-refractivity contribution >= 4 is 5.91 Å². The van der Waals surface area contributed by atoms with Crippen molar-refractivity contribution in [3.63, 3.8) is 0 Å². The Kier molecular flexibility index (Phi) is 2.35. The molecule has 3 rings (SSSR count). The summed E-state index contributed by atoms with van der Waals surface area (Å²) in [7, 11) is 0. The number of hydrogen-bond acceptors (Lipinski definition) is 3. The minimum absolute atomic E-state index is 0.157. The van der Waals surface area contributed by atoms with E-state index in [1.807, 2.05) is 6.20 Å². The molecule has 1 heterocycles. The van der Waals surface area contributed by atoms with Gasteiger partial charge in [-0.15, -0.1) is 0 Å². The molecule has 0 aromatic carbocycles. The lowest BCUT2D eigenvalue weighted by Gasteiger charge is -2.04. The van der Waals surface area contributed by atoms with Crippen molar-refractivity contribution in [2.24, 2.45) is 5.92 Å². The highest BCUT2D eigenvalue weighted by atomic mass is 16.2. The third-order valence-corrected chi connectivity index (χ3v) is 3.23. The van der Waals surface area contributed by atoms with Gasteiger partial charge in [0.15, 0.2) is 0 Å². The number of carbonyl (C=O) groups is 1. The molecule has 84 valence electrons. The number of aryl methyl sites for hydroxylation is 2. The normalized spacial score (nSPS) is 18.2. The van der Waals surface area contributed by atoms with Gasteiger partial charge >= 0.3 is 0 Å².